The van der Waals surface area contributed by atoms with Crippen LogP contribution < -0.4 is 11.5 Å². The molecule has 4 unspecified atom stereocenters. The Bertz CT molecular complexity index is 810. The van der Waals surface area contributed by atoms with Crippen LogP contribution in [0.3, 0.4) is 0 Å². The third kappa shape index (κ3) is 5.83. The van der Waals surface area contributed by atoms with Crippen LogP contribution in [0.15, 0.2) is 48.5 Å². The number of rotatable bonds is 12. The molecule has 4 N–H and O–H groups in total. The highest BCUT2D eigenvalue weighted by Gasteiger charge is 2.39. The fraction of sp³-hybridized carbons (Fsp3) is 0.500. The van der Waals surface area contributed by atoms with Crippen molar-refractivity contribution >= 4 is 8.25 Å². The van der Waals surface area contributed by atoms with E-state index in [4.69, 9.17) is 20.5 Å². The Morgan fingerprint density at radius 1 is 0.750 bits per heavy atom. The molecule has 0 radical (unpaired) electrons. The molecule has 0 fully saturated rings. The number of hydrogen-bond donors (Lipinski definition) is 2. The predicted octanol–water partition coefficient (Wildman–Crippen LogP) is 5.77. The van der Waals surface area contributed by atoms with Crippen LogP contribution >= 0.6 is 8.25 Å². The van der Waals surface area contributed by atoms with Gasteiger partial charge in [-0.25, -0.2) is 8.78 Å². The Balaban J connectivity index is 2.22. The van der Waals surface area contributed by atoms with E-state index in [1.165, 1.54) is 24.3 Å². The Morgan fingerprint density at radius 2 is 1.06 bits per heavy atom. The third-order valence-corrected chi connectivity index (χ3v) is 7.25. The first-order valence-electron chi connectivity index (χ1n) is 11.1. The highest BCUT2D eigenvalue weighted by atomic mass is 31.1. The monoisotopic (exact) mass is 468 g/mol. The van der Waals surface area contributed by atoms with Gasteiger partial charge in [-0.2, -0.15) is 0 Å². The molecule has 178 valence electrons. The van der Waals surface area contributed by atoms with E-state index in [-0.39, 0.29) is 11.6 Å². The lowest BCUT2D eigenvalue weighted by Gasteiger charge is -2.39. The van der Waals surface area contributed by atoms with E-state index < -0.39 is 31.5 Å². The van der Waals surface area contributed by atoms with Gasteiger partial charge in [0.15, 0.2) is 0 Å². The van der Waals surface area contributed by atoms with Gasteiger partial charge < -0.3 is 20.5 Å². The Morgan fingerprint density at radius 3 is 1.31 bits per heavy atom. The standard InChI is InChI=1S/C24H35F2N2O3P/c1-5-21(23(27,7-3)17-9-13-19(25)14-10-17)30-32(29)31-22(6-2)24(28,8-4)18-11-15-20(26)16-12-18/h9-16,21-22,32H,5-8,27-28H2,1-4H3. The van der Waals surface area contributed by atoms with E-state index in [0.29, 0.717) is 36.8 Å². The Labute approximate surface area is 190 Å². The molecule has 0 aliphatic heterocycles. The van der Waals surface area contributed by atoms with Gasteiger partial charge in [-0.05, 0) is 61.1 Å². The van der Waals surface area contributed by atoms with Gasteiger partial charge in [0.1, 0.15) is 11.6 Å². The van der Waals surface area contributed by atoms with Gasteiger partial charge in [0, 0.05) is 0 Å². The number of halogens is 2. The van der Waals surface area contributed by atoms with Crippen molar-refractivity contribution in [3.63, 3.8) is 0 Å². The highest BCUT2D eigenvalue weighted by Crippen LogP contribution is 2.41. The molecule has 0 heterocycles. The quantitative estimate of drug-likeness (QED) is 0.386. The van der Waals surface area contributed by atoms with Crippen LogP contribution in [-0.4, -0.2) is 12.2 Å². The van der Waals surface area contributed by atoms with E-state index in [1.54, 1.807) is 24.3 Å². The summed E-state index contributed by atoms with van der Waals surface area (Å²) in [5, 5.41) is 0. The van der Waals surface area contributed by atoms with Crippen molar-refractivity contribution in [1.82, 2.24) is 0 Å². The second kappa shape index (κ2) is 11.5. The molecule has 5 nitrogen and oxygen atoms in total. The number of nitrogens with two attached hydrogens (primary N) is 2. The average molecular weight is 469 g/mol. The fourth-order valence-electron chi connectivity index (χ4n) is 4.12. The second-order valence-electron chi connectivity index (χ2n) is 8.08. The summed E-state index contributed by atoms with van der Waals surface area (Å²) in [5.41, 5.74) is 12.8. The molecule has 0 aliphatic rings. The molecule has 0 spiro atoms. The van der Waals surface area contributed by atoms with E-state index in [9.17, 15) is 13.3 Å². The summed E-state index contributed by atoms with van der Waals surface area (Å²) in [6.07, 6.45) is 0.738. The van der Waals surface area contributed by atoms with Gasteiger partial charge in [0.05, 0.1) is 23.3 Å². The summed E-state index contributed by atoms with van der Waals surface area (Å²) < 4.78 is 51.5. The van der Waals surface area contributed by atoms with Crippen molar-refractivity contribution in [1.29, 1.82) is 0 Å². The zero-order valence-corrected chi connectivity index (χ0v) is 20.2. The minimum absolute atomic E-state index is 0.358. The lowest BCUT2D eigenvalue weighted by Crippen LogP contribution is -2.49. The van der Waals surface area contributed by atoms with Gasteiger partial charge in [-0.1, -0.05) is 52.0 Å². The van der Waals surface area contributed by atoms with Gasteiger partial charge in [-0.3, -0.25) is 4.57 Å². The van der Waals surface area contributed by atoms with Gasteiger partial charge in [-0.15, -0.1) is 0 Å². The molecule has 0 aromatic heterocycles. The molecule has 2 aromatic rings. The fourth-order valence-corrected chi connectivity index (χ4v) is 5.40. The van der Waals surface area contributed by atoms with Crippen LogP contribution in [0.4, 0.5) is 8.78 Å². The van der Waals surface area contributed by atoms with E-state index in [2.05, 4.69) is 0 Å². The molecule has 0 amide bonds. The van der Waals surface area contributed by atoms with Crippen LogP contribution in [0.25, 0.3) is 0 Å². The van der Waals surface area contributed by atoms with Crippen molar-refractivity contribution in [2.24, 2.45) is 11.5 Å². The van der Waals surface area contributed by atoms with Crippen molar-refractivity contribution < 1.29 is 22.4 Å². The SMILES string of the molecule is CCC(O[PH](=O)OC(CC)C(N)(CC)c1ccc(F)cc1)C(N)(CC)c1ccc(F)cc1. The lowest BCUT2D eigenvalue weighted by atomic mass is 9.82. The van der Waals surface area contributed by atoms with Gasteiger partial charge in [0.25, 0.3) is 0 Å². The van der Waals surface area contributed by atoms with Crippen molar-refractivity contribution in [3.8, 4) is 0 Å². The predicted molar refractivity (Wildman–Crippen MR) is 124 cm³/mol. The Kier molecular flexibility index (Phi) is 9.55. The zero-order valence-electron chi connectivity index (χ0n) is 19.2. The molecular weight excluding hydrogens is 433 g/mol. The van der Waals surface area contributed by atoms with Crippen molar-refractivity contribution in [2.45, 2.75) is 76.7 Å². The average Bonchev–Trinajstić information content (AvgIpc) is 2.80. The summed E-state index contributed by atoms with van der Waals surface area (Å²) in [5.74, 6) is -0.716. The van der Waals surface area contributed by atoms with Crippen LogP contribution in [0.5, 0.6) is 0 Å². The smallest absolute Gasteiger partial charge is 0.319 e. The maximum atomic E-state index is 13.4. The molecule has 0 saturated heterocycles. The first-order valence-corrected chi connectivity index (χ1v) is 12.3. The summed E-state index contributed by atoms with van der Waals surface area (Å²) >= 11 is 0. The molecule has 32 heavy (non-hydrogen) atoms. The minimum Gasteiger partial charge on any atom is -0.319 e. The number of benzene rings is 2. The van der Waals surface area contributed by atoms with Crippen LogP contribution in [0.2, 0.25) is 0 Å². The molecule has 0 bridgehead atoms. The topological polar surface area (TPSA) is 87.6 Å². The summed E-state index contributed by atoms with van der Waals surface area (Å²) in [6.45, 7) is 7.57. The zero-order chi connectivity index (χ0) is 23.9. The van der Waals surface area contributed by atoms with Crippen LogP contribution in [0, 0.1) is 11.6 Å². The lowest BCUT2D eigenvalue weighted by molar-refractivity contribution is 0.0466. The van der Waals surface area contributed by atoms with Crippen LogP contribution in [0.1, 0.15) is 64.5 Å². The molecule has 0 aliphatic carbocycles. The summed E-state index contributed by atoms with van der Waals surface area (Å²) in [6, 6.07) is 11.9. The molecule has 2 rings (SSSR count). The molecule has 2 aromatic carbocycles. The first kappa shape index (κ1) is 26.6. The maximum Gasteiger partial charge on any atom is 0.319 e. The highest BCUT2D eigenvalue weighted by molar-refractivity contribution is 7.33. The van der Waals surface area contributed by atoms with Crippen molar-refractivity contribution in [3.05, 3.63) is 71.3 Å². The van der Waals surface area contributed by atoms with E-state index in [0.717, 1.165) is 0 Å². The summed E-state index contributed by atoms with van der Waals surface area (Å²) in [7, 11) is -2.98. The molecule has 0 saturated carbocycles. The molecule has 4 atom stereocenters. The maximum absolute atomic E-state index is 13.4. The normalized spacial score (nSPS) is 18.4. The molecule has 8 heteroatoms. The first-order chi connectivity index (χ1) is 15.1. The summed E-state index contributed by atoms with van der Waals surface area (Å²) in [4.78, 5) is 0. The largest absolute Gasteiger partial charge is 0.319 e. The van der Waals surface area contributed by atoms with Gasteiger partial charge >= 0.3 is 8.25 Å². The van der Waals surface area contributed by atoms with Gasteiger partial charge in [0.2, 0.25) is 0 Å². The van der Waals surface area contributed by atoms with Crippen LogP contribution in [-0.2, 0) is 24.7 Å². The van der Waals surface area contributed by atoms with E-state index in [1.807, 2.05) is 27.7 Å². The minimum atomic E-state index is -2.98. The van der Waals surface area contributed by atoms with Crippen molar-refractivity contribution in [2.75, 3.05) is 0 Å². The molecular formula is C24H35F2N2O3P. The third-order valence-electron chi connectivity index (χ3n) is 6.30. The second-order valence-corrected chi connectivity index (χ2v) is 9.05. The van der Waals surface area contributed by atoms with E-state index >= 15 is 0 Å². The number of hydrogen-bond acceptors (Lipinski definition) is 5. The Hall–Kier alpha value is -1.63.